The normalized spacial score (nSPS) is 13.3. The number of hydrogen-bond acceptors (Lipinski definition) is 4. The summed E-state index contributed by atoms with van der Waals surface area (Å²) in [4.78, 5) is 25.0. The summed E-state index contributed by atoms with van der Waals surface area (Å²) in [6, 6.07) is 10.6. The number of hydrogen-bond donors (Lipinski definition) is 2. The van der Waals surface area contributed by atoms with Crippen LogP contribution in [0.25, 0.3) is 0 Å². The fraction of sp³-hybridized carbons (Fsp3) is 0.294. The lowest BCUT2D eigenvalue weighted by Gasteiger charge is -2.30. The van der Waals surface area contributed by atoms with Crippen LogP contribution in [0.3, 0.4) is 0 Å². The van der Waals surface area contributed by atoms with Crippen molar-refractivity contribution in [3.63, 3.8) is 0 Å². The SMILES string of the molecule is CCC(NC(=O)c1sccc1COC)(C(=O)O)c1ccccc1. The molecule has 2 rings (SSSR count). The zero-order chi connectivity index (χ0) is 16.9. The van der Waals surface area contributed by atoms with Gasteiger partial charge in [0.2, 0.25) is 0 Å². The Hall–Kier alpha value is -2.18. The number of carboxylic acid groups (broad SMARTS) is 1. The zero-order valence-electron chi connectivity index (χ0n) is 13.0. The highest BCUT2D eigenvalue weighted by atomic mass is 32.1. The van der Waals surface area contributed by atoms with Crippen molar-refractivity contribution in [3.05, 3.63) is 57.8 Å². The van der Waals surface area contributed by atoms with E-state index in [4.69, 9.17) is 4.74 Å². The molecule has 2 aromatic rings. The second-order valence-corrected chi connectivity index (χ2v) is 6.01. The third-order valence-electron chi connectivity index (χ3n) is 3.74. The Morgan fingerprint density at radius 2 is 1.96 bits per heavy atom. The summed E-state index contributed by atoms with van der Waals surface area (Å²) >= 11 is 1.27. The van der Waals surface area contributed by atoms with E-state index < -0.39 is 17.4 Å². The summed E-state index contributed by atoms with van der Waals surface area (Å²) in [6.45, 7) is 2.05. The largest absolute Gasteiger partial charge is 0.479 e. The highest BCUT2D eigenvalue weighted by Crippen LogP contribution is 2.27. The van der Waals surface area contributed by atoms with Crippen LogP contribution in [-0.2, 0) is 21.7 Å². The minimum Gasteiger partial charge on any atom is -0.479 e. The Labute approximate surface area is 138 Å². The van der Waals surface area contributed by atoms with Crippen LogP contribution in [0.2, 0.25) is 0 Å². The van der Waals surface area contributed by atoms with E-state index in [2.05, 4.69) is 5.32 Å². The summed E-state index contributed by atoms with van der Waals surface area (Å²) in [5.41, 5.74) is -0.154. The summed E-state index contributed by atoms with van der Waals surface area (Å²) in [6.07, 6.45) is 0.239. The quantitative estimate of drug-likeness (QED) is 0.817. The Bertz CT molecular complexity index is 683. The van der Waals surface area contributed by atoms with E-state index in [1.54, 1.807) is 49.7 Å². The van der Waals surface area contributed by atoms with E-state index >= 15 is 0 Å². The summed E-state index contributed by atoms with van der Waals surface area (Å²) in [7, 11) is 1.55. The molecule has 0 aliphatic rings. The van der Waals surface area contributed by atoms with Gasteiger partial charge in [0.1, 0.15) is 0 Å². The van der Waals surface area contributed by atoms with Crippen molar-refractivity contribution in [2.45, 2.75) is 25.5 Å². The lowest BCUT2D eigenvalue weighted by Crippen LogP contribution is -2.51. The van der Waals surface area contributed by atoms with Crippen molar-refractivity contribution >= 4 is 23.2 Å². The molecule has 0 fully saturated rings. The molecule has 1 aromatic heterocycles. The van der Waals surface area contributed by atoms with Crippen molar-refractivity contribution in [3.8, 4) is 0 Å². The molecule has 122 valence electrons. The smallest absolute Gasteiger partial charge is 0.334 e. The number of methoxy groups -OCH3 is 1. The molecule has 1 aromatic carbocycles. The lowest BCUT2D eigenvalue weighted by molar-refractivity contribution is -0.145. The second kappa shape index (κ2) is 7.39. The monoisotopic (exact) mass is 333 g/mol. The molecule has 0 radical (unpaired) electrons. The molecule has 0 saturated heterocycles. The molecule has 2 N–H and O–H groups in total. The highest BCUT2D eigenvalue weighted by molar-refractivity contribution is 7.12. The average Bonchev–Trinajstić information content (AvgIpc) is 3.02. The first kappa shape index (κ1) is 17.2. The second-order valence-electron chi connectivity index (χ2n) is 5.09. The van der Waals surface area contributed by atoms with E-state index in [0.29, 0.717) is 17.0 Å². The van der Waals surface area contributed by atoms with Crippen LogP contribution >= 0.6 is 11.3 Å². The number of ether oxygens (including phenoxy) is 1. The van der Waals surface area contributed by atoms with Gasteiger partial charge in [0.25, 0.3) is 5.91 Å². The molecule has 1 unspecified atom stereocenters. The summed E-state index contributed by atoms with van der Waals surface area (Å²) in [5, 5.41) is 14.3. The molecular weight excluding hydrogens is 314 g/mol. The Kier molecular flexibility index (Phi) is 5.52. The van der Waals surface area contributed by atoms with Crippen molar-refractivity contribution < 1.29 is 19.4 Å². The predicted molar refractivity (Wildman–Crippen MR) is 88.5 cm³/mol. The highest BCUT2D eigenvalue weighted by Gasteiger charge is 2.40. The van der Waals surface area contributed by atoms with E-state index in [0.717, 1.165) is 5.56 Å². The molecule has 6 heteroatoms. The molecule has 0 bridgehead atoms. The van der Waals surface area contributed by atoms with Gasteiger partial charge < -0.3 is 15.2 Å². The fourth-order valence-electron chi connectivity index (χ4n) is 2.47. The van der Waals surface area contributed by atoms with Gasteiger partial charge in [0.05, 0.1) is 11.5 Å². The number of carbonyl (C=O) groups is 2. The topological polar surface area (TPSA) is 75.6 Å². The van der Waals surface area contributed by atoms with Gasteiger partial charge >= 0.3 is 5.97 Å². The minimum atomic E-state index is -1.45. The molecule has 0 aliphatic heterocycles. The molecule has 1 atom stereocenters. The first-order chi connectivity index (χ1) is 11.0. The summed E-state index contributed by atoms with van der Waals surface area (Å²) < 4.78 is 5.08. The van der Waals surface area contributed by atoms with Gasteiger partial charge in [-0.2, -0.15) is 0 Å². The van der Waals surface area contributed by atoms with Crippen molar-refractivity contribution in [1.82, 2.24) is 5.32 Å². The van der Waals surface area contributed by atoms with Crippen LogP contribution in [0.5, 0.6) is 0 Å². The van der Waals surface area contributed by atoms with Crippen LogP contribution < -0.4 is 5.32 Å². The van der Waals surface area contributed by atoms with Crippen LogP contribution in [0, 0.1) is 0 Å². The molecule has 5 nitrogen and oxygen atoms in total. The number of benzene rings is 1. The third-order valence-corrected chi connectivity index (χ3v) is 4.70. The van der Waals surface area contributed by atoms with Gasteiger partial charge in [0.15, 0.2) is 5.54 Å². The predicted octanol–water partition coefficient (Wildman–Crippen LogP) is 3.01. The van der Waals surface area contributed by atoms with Crippen molar-refractivity contribution in [2.24, 2.45) is 0 Å². The molecule has 0 saturated carbocycles. The zero-order valence-corrected chi connectivity index (χ0v) is 13.9. The van der Waals surface area contributed by atoms with E-state index in [-0.39, 0.29) is 6.42 Å². The molecule has 1 heterocycles. The van der Waals surface area contributed by atoms with Crippen LogP contribution in [0.1, 0.15) is 34.1 Å². The van der Waals surface area contributed by atoms with Gasteiger partial charge in [0, 0.05) is 12.7 Å². The van der Waals surface area contributed by atoms with Crippen LogP contribution in [0.4, 0.5) is 0 Å². The maximum Gasteiger partial charge on any atom is 0.334 e. The first-order valence-corrected chi connectivity index (χ1v) is 8.10. The van der Waals surface area contributed by atoms with E-state index in [1.807, 2.05) is 6.07 Å². The Balaban J connectivity index is 2.37. The maximum absolute atomic E-state index is 12.6. The number of carbonyl (C=O) groups excluding carboxylic acids is 1. The number of aliphatic carboxylic acids is 1. The Morgan fingerprint density at radius 1 is 1.26 bits per heavy atom. The van der Waals surface area contributed by atoms with Gasteiger partial charge in [-0.1, -0.05) is 37.3 Å². The molecular formula is C17H19NO4S. The molecule has 1 amide bonds. The van der Waals surface area contributed by atoms with Gasteiger partial charge in [-0.05, 0) is 23.4 Å². The van der Waals surface area contributed by atoms with Crippen molar-refractivity contribution in [1.29, 1.82) is 0 Å². The lowest BCUT2D eigenvalue weighted by atomic mass is 9.87. The van der Waals surface area contributed by atoms with E-state index in [9.17, 15) is 14.7 Å². The van der Waals surface area contributed by atoms with Crippen LogP contribution in [-0.4, -0.2) is 24.1 Å². The fourth-order valence-corrected chi connectivity index (χ4v) is 3.27. The summed E-state index contributed by atoms with van der Waals surface area (Å²) in [5.74, 6) is -1.48. The van der Waals surface area contributed by atoms with Gasteiger partial charge in [-0.3, -0.25) is 4.79 Å². The molecule has 0 aliphatic carbocycles. The van der Waals surface area contributed by atoms with Gasteiger partial charge in [-0.25, -0.2) is 4.79 Å². The third kappa shape index (κ3) is 3.43. The molecule has 23 heavy (non-hydrogen) atoms. The number of carboxylic acids is 1. The number of nitrogens with one attached hydrogen (secondary N) is 1. The standard InChI is InChI=1S/C17H19NO4S/c1-3-17(16(20)21,13-7-5-4-6-8-13)18-15(19)14-12(11-22-2)9-10-23-14/h4-10H,3,11H2,1-2H3,(H,18,19)(H,20,21). The number of amides is 1. The van der Waals surface area contributed by atoms with Crippen molar-refractivity contribution in [2.75, 3.05) is 7.11 Å². The number of rotatable bonds is 7. The minimum absolute atomic E-state index is 0.239. The van der Waals surface area contributed by atoms with Gasteiger partial charge in [-0.15, -0.1) is 11.3 Å². The number of thiophene rings is 1. The van der Waals surface area contributed by atoms with E-state index in [1.165, 1.54) is 11.3 Å². The molecule has 0 spiro atoms. The first-order valence-electron chi connectivity index (χ1n) is 7.22. The Morgan fingerprint density at radius 3 is 2.52 bits per heavy atom. The van der Waals surface area contributed by atoms with Crippen LogP contribution in [0.15, 0.2) is 41.8 Å². The average molecular weight is 333 g/mol. The maximum atomic E-state index is 12.6.